The highest BCUT2D eigenvalue weighted by atomic mass is 16.4. The van der Waals surface area contributed by atoms with Gasteiger partial charge in [0.15, 0.2) is 0 Å². The first-order chi connectivity index (χ1) is 9.91. The molecule has 1 rings (SSSR count). The number of carboxylic acid groups (broad SMARTS) is 1. The molecule has 0 aromatic rings. The lowest BCUT2D eigenvalue weighted by Crippen LogP contribution is -2.49. The molecule has 0 spiro atoms. The standard InChI is InChI=1S/C16H30N2O3/c1-13(2)18(14-8-5-4-6-9-14)15(19)12-17(3)11-7-10-16(20)21/h13-14H,4-12H2,1-3H3,(H,20,21). The number of aliphatic carboxylic acids is 1. The van der Waals surface area contributed by atoms with Crippen LogP contribution in [0.25, 0.3) is 0 Å². The first kappa shape index (κ1) is 18.0. The second kappa shape index (κ2) is 9.03. The number of hydrogen-bond donors (Lipinski definition) is 1. The van der Waals surface area contributed by atoms with Gasteiger partial charge in [0.2, 0.25) is 5.91 Å². The van der Waals surface area contributed by atoms with Gasteiger partial charge in [0.25, 0.3) is 0 Å². The summed E-state index contributed by atoms with van der Waals surface area (Å²) in [6, 6.07) is 0.617. The minimum atomic E-state index is -0.777. The van der Waals surface area contributed by atoms with E-state index in [1.807, 2.05) is 16.8 Å². The van der Waals surface area contributed by atoms with Gasteiger partial charge in [-0.1, -0.05) is 19.3 Å². The molecule has 0 radical (unpaired) electrons. The average molecular weight is 298 g/mol. The van der Waals surface area contributed by atoms with E-state index in [-0.39, 0.29) is 18.4 Å². The molecule has 0 heterocycles. The van der Waals surface area contributed by atoms with Crippen LogP contribution in [0, 0.1) is 0 Å². The number of rotatable bonds is 8. The molecule has 1 N–H and O–H groups in total. The Bertz CT molecular complexity index is 338. The van der Waals surface area contributed by atoms with Crippen LogP contribution in [-0.2, 0) is 9.59 Å². The van der Waals surface area contributed by atoms with Crippen LogP contribution in [0.3, 0.4) is 0 Å². The maximum Gasteiger partial charge on any atom is 0.303 e. The Balaban J connectivity index is 2.46. The van der Waals surface area contributed by atoms with Gasteiger partial charge in [0.1, 0.15) is 0 Å². The van der Waals surface area contributed by atoms with Gasteiger partial charge in [-0.25, -0.2) is 0 Å². The highest BCUT2D eigenvalue weighted by Crippen LogP contribution is 2.24. The van der Waals surface area contributed by atoms with Crippen molar-refractivity contribution in [2.45, 2.75) is 70.9 Å². The lowest BCUT2D eigenvalue weighted by Gasteiger charge is -2.38. The molecule has 1 aliphatic rings. The van der Waals surface area contributed by atoms with E-state index in [4.69, 9.17) is 5.11 Å². The average Bonchev–Trinajstić information content (AvgIpc) is 2.38. The van der Waals surface area contributed by atoms with Crippen LogP contribution in [0.15, 0.2) is 0 Å². The van der Waals surface area contributed by atoms with Gasteiger partial charge < -0.3 is 10.0 Å². The molecule has 1 saturated carbocycles. The second-order valence-electron chi connectivity index (χ2n) is 6.42. The smallest absolute Gasteiger partial charge is 0.303 e. The number of likely N-dealkylation sites (N-methyl/N-ethyl adjacent to an activating group) is 1. The van der Waals surface area contributed by atoms with Crippen molar-refractivity contribution in [3.8, 4) is 0 Å². The summed E-state index contributed by atoms with van der Waals surface area (Å²) < 4.78 is 0. The zero-order chi connectivity index (χ0) is 15.8. The summed E-state index contributed by atoms with van der Waals surface area (Å²) in [5, 5.41) is 8.65. The number of carboxylic acids is 1. The summed E-state index contributed by atoms with van der Waals surface area (Å²) >= 11 is 0. The largest absolute Gasteiger partial charge is 0.481 e. The maximum atomic E-state index is 12.6. The van der Waals surface area contributed by atoms with Crippen LogP contribution in [0.4, 0.5) is 0 Å². The molecule has 0 unspecified atom stereocenters. The summed E-state index contributed by atoms with van der Waals surface area (Å²) in [7, 11) is 1.89. The van der Waals surface area contributed by atoms with Crippen molar-refractivity contribution < 1.29 is 14.7 Å². The molecule has 0 bridgehead atoms. The Hall–Kier alpha value is -1.10. The molecule has 0 aromatic carbocycles. The molecule has 0 aromatic heterocycles. The zero-order valence-electron chi connectivity index (χ0n) is 13.7. The van der Waals surface area contributed by atoms with E-state index in [2.05, 4.69) is 13.8 Å². The van der Waals surface area contributed by atoms with E-state index < -0.39 is 5.97 Å². The summed E-state index contributed by atoms with van der Waals surface area (Å²) in [5.41, 5.74) is 0. The van der Waals surface area contributed by atoms with Crippen molar-refractivity contribution in [3.05, 3.63) is 0 Å². The van der Waals surface area contributed by atoms with E-state index in [1.54, 1.807) is 0 Å². The first-order valence-corrected chi connectivity index (χ1v) is 8.13. The Morgan fingerprint density at radius 1 is 1.19 bits per heavy atom. The predicted molar refractivity (Wildman–Crippen MR) is 83.2 cm³/mol. The summed E-state index contributed by atoms with van der Waals surface area (Å²) in [6.45, 7) is 5.19. The molecular weight excluding hydrogens is 268 g/mol. The fraction of sp³-hybridized carbons (Fsp3) is 0.875. The van der Waals surface area contributed by atoms with Gasteiger partial charge in [-0.15, -0.1) is 0 Å². The summed E-state index contributed by atoms with van der Waals surface area (Å²) in [5.74, 6) is -0.601. The highest BCUT2D eigenvalue weighted by molar-refractivity contribution is 5.79. The van der Waals surface area contributed by atoms with Crippen molar-refractivity contribution in [2.24, 2.45) is 0 Å². The Kier molecular flexibility index (Phi) is 7.72. The van der Waals surface area contributed by atoms with Gasteiger partial charge in [-0.3, -0.25) is 14.5 Å². The van der Waals surface area contributed by atoms with E-state index >= 15 is 0 Å². The predicted octanol–water partition coefficient (Wildman–Crippen LogP) is 2.35. The Morgan fingerprint density at radius 3 is 2.33 bits per heavy atom. The SMILES string of the molecule is CC(C)N(C(=O)CN(C)CCCC(=O)O)C1CCCCC1. The van der Waals surface area contributed by atoms with Gasteiger partial charge in [-0.05, 0) is 46.7 Å². The normalized spacial score (nSPS) is 16.4. The minimum Gasteiger partial charge on any atom is -0.481 e. The summed E-state index contributed by atoms with van der Waals surface area (Å²) in [6.07, 6.45) is 6.70. The number of hydrogen-bond acceptors (Lipinski definition) is 3. The first-order valence-electron chi connectivity index (χ1n) is 8.13. The molecule has 5 heteroatoms. The molecule has 21 heavy (non-hydrogen) atoms. The molecule has 122 valence electrons. The van der Waals surface area contributed by atoms with Gasteiger partial charge in [0.05, 0.1) is 6.54 Å². The molecule has 0 aliphatic heterocycles. The maximum absolute atomic E-state index is 12.6. The van der Waals surface area contributed by atoms with E-state index in [1.165, 1.54) is 19.3 Å². The van der Waals surface area contributed by atoms with Crippen LogP contribution in [0.1, 0.15) is 58.8 Å². The van der Waals surface area contributed by atoms with Crippen molar-refractivity contribution in [3.63, 3.8) is 0 Å². The van der Waals surface area contributed by atoms with Crippen LogP contribution < -0.4 is 0 Å². The van der Waals surface area contributed by atoms with Crippen LogP contribution in [0.5, 0.6) is 0 Å². The topological polar surface area (TPSA) is 60.9 Å². The van der Waals surface area contributed by atoms with E-state index in [0.29, 0.717) is 25.6 Å². The van der Waals surface area contributed by atoms with E-state index in [0.717, 1.165) is 12.8 Å². The second-order valence-corrected chi connectivity index (χ2v) is 6.42. The molecular formula is C16H30N2O3. The van der Waals surface area contributed by atoms with Crippen molar-refractivity contribution in [2.75, 3.05) is 20.1 Å². The Morgan fingerprint density at radius 2 is 1.81 bits per heavy atom. The fourth-order valence-electron chi connectivity index (χ4n) is 3.16. The van der Waals surface area contributed by atoms with Crippen LogP contribution >= 0.6 is 0 Å². The third kappa shape index (κ3) is 6.46. The monoisotopic (exact) mass is 298 g/mol. The van der Waals surface area contributed by atoms with Crippen LogP contribution in [0.2, 0.25) is 0 Å². The molecule has 0 atom stereocenters. The Labute approximate surface area is 128 Å². The number of carbonyl (C=O) groups excluding carboxylic acids is 1. The molecule has 1 amide bonds. The minimum absolute atomic E-state index is 0.162. The quantitative estimate of drug-likeness (QED) is 0.747. The van der Waals surface area contributed by atoms with Crippen molar-refractivity contribution in [1.82, 2.24) is 9.80 Å². The third-order valence-corrected chi connectivity index (χ3v) is 4.15. The zero-order valence-corrected chi connectivity index (χ0v) is 13.7. The van der Waals surface area contributed by atoms with E-state index in [9.17, 15) is 9.59 Å². The molecule has 1 fully saturated rings. The van der Waals surface area contributed by atoms with Crippen molar-refractivity contribution in [1.29, 1.82) is 0 Å². The number of nitrogens with zero attached hydrogens (tertiary/aromatic N) is 2. The van der Waals surface area contributed by atoms with Crippen molar-refractivity contribution >= 4 is 11.9 Å². The number of carbonyl (C=O) groups is 2. The highest BCUT2D eigenvalue weighted by Gasteiger charge is 2.27. The third-order valence-electron chi connectivity index (χ3n) is 4.15. The van der Waals surface area contributed by atoms with Gasteiger partial charge >= 0.3 is 5.97 Å². The fourth-order valence-corrected chi connectivity index (χ4v) is 3.16. The van der Waals surface area contributed by atoms with Gasteiger partial charge in [0, 0.05) is 18.5 Å². The lowest BCUT2D eigenvalue weighted by atomic mass is 9.93. The lowest BCUT2D eigenvalue weighted by molar-refractivity contribution is -0.137. The molecule has 0 saturated heterocycles. The molecule has 1 aliphatic carbocycles. The van der Waals surface area contributed by atoms with Crippen LogP contribution in [-0.4, -0.2) is 59.0 Å². The molecule has 5 nitrogen and oxygen atoms in total. The summed E-state index contributed by atoms with van der Waals surface area (Å²) in [4.78, 5) is 27.1. The van der Waals surface area contributed by atoms with Gasteiger partial charge in [-0.2, -0.15) is 0 Å². The number of amides is 1.